The molecule has 0 aliphatic heterocycles. The Morgan fingerprint density at radius 2 is 1.73 bits per heavy atom. The van der Waals surface area contributed by atoms with Gasteiger partial charge < -0.3 is 16.0 Å². The van der Waals surface area contributed by atoms with E-state index in [2.05, 4.69) is 16.0 Å². The number of anilines is 1. The summed E-state index contributed by atoms with van der Waals surface area (Å²) >= 11 is 5.87. The minimum atomic E-state index is -0.526. The van der Waals surface area contributed by atoms with Crippen molar-refractivity contribution in [3.05, 3.63) is 89.0 Å². The normalized spacial score (nSPS) is 15.5. The van der Waals surface area contributed by atoms with Crippen LogP contribution in [0, 0.1) is 5.92 Å². The summed E-state index contributed by atoms with van der Waals surface area (Å²) in [6.45, 7) is 4.34. The van der Waals surface area contributed by atoms with Gasteiger partial charge in [-0.3, -0.25) is 4.79 Å². The fraction of sp³-hybridized carbons (Fsp3) is 0.250. The Hall–Kier alpha value is -3.05. The Balaban J connectivity index is 1.53. The van der Waals surface area contributed by atoms with Crippen LogP contribution in [0.2, 0.25) is 5.02 Å². The lowest BCUT2D eigenvalue weighted by atomic mass is 9.92. The molecule has 1 atom stereocenters. The fourth-order valence-electron chi connectivity index (χ4n) is 3.18. The smallest absolute Gasteiger partial charge is 0.319 e. The summed E-state index contributed by atoms with van der Waals surface area (Å²) in [5, 5.41) is 9.40. The quantitative estimate of drug-likeness (QED) is 0.601. The third-order valence-corrected chi connectivity index (χ3v) is 5.24. The predicted octanol–water partition coefficient (Wildman–Crippen LogP) is 5.15. The summed E-state index contributed by atoms with van der Waals surface area (Å²) in [5.74, 6) is -0.135. The first-order valence-electron chi connectivity index (χ1n) is 9.89. The standard InChI is InChI=1S/C24H26ClN3O2/c1-24(2,28-22(29)18-6-4-3-5-7-18)19-10-14-21(15-11-19)27-23(30)26-16-17-8-12-20(25)13-9-17/h3-6,8-15,18H,7,16H2,1-2H3,(H,28,29)(H2,26,27,30)/t18-/m1/s1. The number of nitrogens with one attached hydrogen (secondary N) is 3. The fourth-order valence-corrected chi connectivity index (χ4v) is 3.30. The zero-order chi connectivity index (χ0) is 21.6. The van der Waals surface area contributed by atoms with E-state index in [9.17, 15) is 9.59 Å². The number of halogens is 1. The molecule has 0 spiro atoms. The van der Waals surface area contributed by atoms with Crippen LogP contribution in [-0.4, -0.2) is 11.9 Å². The molecule has 5 nitrogen and oxygen atoms in total. The van der Waals surface area contributed by atoms with Crippen molar-refractivity contribution in [1.29, 1.82) is 0 Å². The van der Waals surface area contributed by atoms with Crippen molar-refractivity contribution in [1.82, 2.24) is 10.6 Å². The average Bonchev–Trinajstić information content (AvgIpc) is 2.74. The number of benzene rings is 2. The summed E-state index contributed by atoms with van der Waals surface area (Å²) in [4.78, 5) is 24.7. The van der Waals surface area contributed by atoms with Crippen molar-refractivity contribution >= 4 is 29.2 Å². The average molecular weight is 424 g/mol. The van der Waals surface area contributed by atoms with Crippen LogP contribution in [0.4, 0.5) is 10.5 Å². The Bertz CT molecular complexity index is 947. The first-order valence-corrected chi connectivity index (χ1v) is 10.3. The molecule has 30 heavy (non-hydrogen) atoms. The van der Waals surface area contributed by atoms with Crippen molar-refractivity contribution < 1.29 is 9.59 Å². The molecular formula is C24H26ClN3O2. The highest BCUT2D eigenvalue weighted by molar-refractivity contribution is 6.30. The van der Waals surface area contributed by atoms with Crippen LogP contribution in [0.25, 0.3) is 0 Å². The van der Waals surface area contributed by atoms with Gasteiger partial charge in [-0.15, -0.1) is 0 Å². The second kappa shape index (κ2) is 9.63. The van der Waals surface area contributed by atoms with Gasteiger partial charge in [0.25, 0.3) is 0 Å². The molecular weight excluding hydrogens is 398 g/mol. The Morgan fingerprint density at radius 1 is 1.03 bits per heavy atom. The lowest BCUT2D eigenvalue weighted by Gasteiger charge is -2.29. The van der Waals surface area contributed by atoms with Crippen molar-refractivity contribution in [2.24, 2.45) is 5.92 Å². The van der Waals surface area contributed by atoms with Gasteiger partial charge in [0, 0.05) is 17.3 Å². The second-order valence-electron chi connectivity index (χ2n) is 7.78. The van der Waals surface area contributed by atoms with E-state index < -0.39 is 5.54 Å². The van der Waals surface area contributed by atoms with Crippen LogP contribution in [-0.2, 0) is 16.9 Å². The highest BCUT2D eigenvalue weighted by atomic mass is 35.5. The van der Waals surface area contributed by atoms with Gasteiger partial charge in [0.2, 0.25) is 5.91 Å². The van der Waals surface area contributed by atoms with Crippen molar-refractivity contribution in [2.45, 2.75) is 32.4 Å². The summed E-state index contributed by atoms with van der Waals surface area (Å²) in [6, 6.07) is 14.5. The maximum Gasteiger partial charge on any atom is 0.319 e. The van der Waals surface area contributed by atoms with Crippen LogP contribution >= 0.6 is 11.6 Å². The van der Waals surface area contributed by atoms with E-state index >= 15 is 0 Å². The van der Waals surface area contributed by atoms with E-state index in [-0.39, 0.29) is 17.9 Å². The largest absolute Gasteiger partial charge is 0.347 e. The van der Waals surface area contributed by atoms with Gasteiger partial charge in [0.05, 0.1) is 11.5 Å². The van der Waals surface area contributed by atoms with Gasteiger partial charge in [-0.25, -0.2) is 4.79 Å². The number of carbonyl (C=O) groups is 2. The zero-order valence-corrected chi connectivity index (χ0v) is 17.9. The second-order valence-corrected chi connectivity index (χ2v) is 8.22. The summed E-state index contributed by atoms with van der Waals surface area (Å²) in [6.07, 6.45) is 8.48. The van der Waals surface area contributed by atoms with E-state index in [1.807, 2.05) is 74.5 Å². The number of amides is 3. The zero-order valence-electron chi connectivity index (χ0n) is 17.1. The summed E-state index contributed by atoms with van der Waals surface area (Å²) in [7, 11) is 0. The summed E-state index contributed by atoms with van der Waals surface area (Å²) in [5.41, 5.74) is 2.07. The topological polar surface area (TPSA) is 70.2 Å². The number of rotatable bonds is 6. The molecule has 0 aromatic heterocycles. The van der Waals surface area contributed by atoms with Crippen molar-refractivity contribution in [3.63, 3.8) is 0 Å². The molecule has 1 aliphatic carbocycles. The molecule has 0 saturated heterocycles. The molecule has 0 fully saturated rings. The van der Waals surface area contributed by atoms with E-state index in [1.54, 1.807) is 12.1 Å². The van der Waals surface area contributed by atoms with E-state index in [1.165, 1.54) is 0 Å². The van der Waals surface area contributed by atoms with Crippen LogP contribution in [0.3, 0.4) is 0 Å². The molecule has 2 aromatic rings. The number of hydrogen-bond donors (Lipinski definition) is 3. The lowest BCUT2D eigenvalue weighted by molar-refractivity contribution is -0.125. The highest BCUT2D eigenvalue weighted by Crippen LogP contribution is 2.23. The Kier molecular flexibility index (Phi) is 6.95. The molecule has 6 heteroatoms. The SMILES string of the molecule is CC(C)(NC(=O)[C@@H]1C=CC=CC1)c1ccc(NC(=O)NCc2ccc(Cl)cc2)cc1. The monoisotopic (exact) mass is 423 g/mol. The van der Waals surface area contributed by atoms with Crippen LogP contribution in [0.5, 0.6) is 0 Å². The molecule has 156 valence electrons. The van der Waals surface area contributed by atoms with Crippen molar-refractivity contribution in [2.75, 3.05) is 5.32 Å². The molecule has 0 heterocycles. The van der Waals surface area contributed by atoms with Gasteiger partial charge in [-0.1, -0.05) is 60.2 Å². The first-order chi connectivity index (χ1) is 14.3. The molecule has 3 N–H and O–H groups in total. The van der Waals surface area contributed by atoms with Gasteiger partial charge in [-0.2, -0.15) is 0 Å². The molecule has 0 saturated carbocycles. The number of allylic oxidation sites excluding steroid dienone is 3. The summed E-state index contributed by atoms with van der Waals surface area (Å²) < 4.78 is 0. The maximum atomic E-state index is 12.5. The van der Waals surface area contributed by atoms with Crippen LogP contribution in [0.1, 0.15) is 31.4 Å². The van der Waals surface area contributed by atoms with Crippen LogP contribution in [0.15, 0.2) is 72.8 Å². The predicted molar refractivity (Wildman–Crippen MR) is 121 cm³/mol. The molecule has 2 aromatic carbocycles. The van der Waals surface area contributed by atoms with E-state index in [0.717, 1.165) is 11.1 Å². The third-order valence-electron chi connectivity index (χ3n) is 4.98. The van der Waals surface area contributed by atoms with Gasteiger partial charge in [-0.05, 0) is 55.7 Å². The molecule has 1 aliphatic rings. The molecule has 0 unspecified atom stereocenters. The lowest BCUT2D eigenvalue weighted by Crippen LogP contribution is -2.43. The number of urea groups is 1. The maximum absolute atomic E-state index is 12.5. The third kappa shape index (κ3) is 5.97. The van der Waals surface area contributed by atoms with Crippen LogP contribution < -0.4 is 16.0 Å². The molecule has 0 radical (unpaired) electrons. The Morgan fingerprint density at radius 3 is 2.37 bits per heavy atom. The van der Waals surface area contributed by atoms with Gasteiger partial charge in [0.1, 0.15) is 0 Å². The Labute approximate surface area is 182 Å². The molecule has 0 bridgehead atoms. The van der Waals surface area contributed by atoms with Gasteiger partial charge in [0.15, 0.2) is 0 Å². The molecule has 3 rings (SSSR count). The van der Waals surface area contributed by atoms with E-state index in [4.69, 9.17) is 11.6 Å². The molecule has 3 amide bonds. The first kappa shape index (κ1) is 21.7. The van der Waals surface area contributed by atoms with Crippen molar-refractivity contribution in [3.8, 4) is 0 Å². The number of hydrogen-bond acceptors (Lipinski definition) is 2. The van der Waals surface area contributed by atoms with Gasteiger partial charge >= 0.3 is 6.03 Å². The minimum absolute atomic E-state index is 0.00405. The number of carbonyl (C=O) groups excluding carboxylic acids is 2. The minimum Gasteiger partial charge on any atom is -0.347 e. The highest BCUT2D eigenvalue weighted by Gasteiger charge is 2.26. The van der Waals surface area contributed by atoms with E-state index in [0.29, 0.717) is 23.7 Å².